The van der Waals surface area contributed by atoms with Crippen molar-refractivity contribution in [3.63, 3.8) is 0 Å². The van der Waals surface area contributed by atoms with Crippen LogP contribution in [0.4, 0.5) is 5.69 Å². The van der Waals surface area contributed by atoms with E-state index in [-0.39, 0.29) is 0 Å². The lowest BCUT2D eigenvalue weighted by Gasteiger charge is -2.37. The zero-order valence-corrected chi connectivity index (χ0v) is 16.2. The summed E-state index contributed by atoms with van der Waals surface area (Å²) in [5.41, 5.74) is 2.05. The second kappa shape index (κ2) is 8.91. The van der Waals surface area contributed by atoms with Crippen molar-refractivity contribution in [2.75, 3.05) is 44.2 Å². The lowest BCUT2D eigenvalue weighted by Crippen LogP contribution is -2.49. The van der Waals surface area contributed by atoms with Crippen LogP contribution in [-0.4, -0.2) is 61.0 Å². The van der Waals surface area contributed by atoms with Gasteiger partial charge in [0.15, 0.2) is 0 Å². The smallest absolute Gasteiger partial charge is 0.0900 e. The number of aliphatic hydroxyl groups excluding tert-OH is 1. The van der Waals surface area contributed by atoms with Crippen LogP contribution in [0.3, 0.4) is 0 Å². The number of benzene rings is 1. The highest BCUT2D eigenvalue weighted by Gasteiger charge is 2.23. The Morgan fingerprint density at radius 3 is 2.64 bits per heavy atom. The fourth-order valence-electron chi connectivity index (χ4n) is 3.06. The fraction of sp³-hybridized carbons (Fsp3) is 0.600. The van der Waals surface area contributed by atoms with Gasteiger partial charge in [0.05, 0.1) is 18.3 Å². The number of aryl methyl sites for hydroxylation is 1. The number of ether oxygens (including phenoxy) is 1. The van der Waals surface area contributed by atoms with E-state index in [2.05, 4.69) is 28.7 Å². The van der Waals surface area contributed by atoms with Crippen molar-refractivity contribution in [1.82, 2.24) is 4.90 Å². The zero-order chi connectivity index (χ0) is 18.4. The quantitative estimate of drug-likeness (QED) is 0.754. The molecular formula is C20H29ClN2O2. The predicted octanol–water partition coefficient (Wildman–Crippen LogP) is 2.95. The van der Waals surface area contributed by atoms with Gasteiger partial charge in [0.25, 0.3) is 0 Å². The minimum absolute atomic E-state index is 0.308. The number of hydrogen-bond donors (Lipinski definition) is 1. The Balaban J connectivity index is 1.78. The highest BCUT2D eigenvalue weighted by Crippen LogP contribution is 2.25. The van der Waals surface area contributed by atoms with Gasteiger partial charge in [-0.1, -0.05) is 17.7 Å². The third-order valence-corrected chi connectivity index (χ3v) is 4.78. The molecule has 1 heterocycles. The maximum atomic E-state index is 10.2. The van der Waals surface area contributed by atoms with Crippen molar-refractivity contribution in [2.24, 2.45) is 0 Å². The van der Waals surface area contributed by atoms with Crippen molar-refractivity contribution in [3.8, 4) is 12.3 Å². The molecule has 1 N–H and O–H groups in total. The molecule has 1 saturated heterocycles. The topological polar surface area (TPSA) is 35.9 Å². The van der Waals surface area contributed by atoms with Crippen LogP contribution in [0.5, 0.6) is 0 Å². The van der Waals surface area contributed by atoms with Gasteiger partial charge in [-0.25, -0.2) is 0 Å². The van der Waals surface area contributed by atoms with Gasteiger partial charge in [-0.05, 0) is 38.5 Å². The van der Waals surface area contributed by atoms with Gasteiger partial charge in [0, 0.05) is 49.9 Å². The molecule has 0 spiro atoms. The van der Waals surface area contributed by atoms with E-state index >= 15 is 0 Å². The summed E-state index contributed by atoms with van der Waals surface area (Å²) >= 11 is 6.13. The lowest BCUT2D eigenvalue weighted by molar-refractivity contribution is -0.0632. The minimum atomic E-state index is -0.503. The van der Waals surface area contributed by atoms with E-state index in [0.717, 1.165) is 31.2 Å². The van der Waals surface area contributed by atoms with Crippen LogP contribution in [0.1, 0.15) is 25.8 Å². The SMILES string of the molecule is C#CCC(C)(C)OCC(O)CN1CCN(c2cc(Cl)ccc2C)CC1. The highest BCUT2D eigenvalue weighted by molar-refractivity contribution is 6.30. The van der Waals surface area contributed by atoms with Crippen LogP contribution in [0.15, 0.2) is 18.2 Å². The van der Waals surface area contributed by atoms with Crippen molar-refractivity contribution >= 4 is 17.3 Å². The standard InChI is InChI=1S/C20H29ClN2O2/c1-5-8-20(3,4)25-15-18(24)14-22-9-11-23(12-10-22)19-13-17(21)7-6-16(19)2/h1,6-7,13,18,24H,8-12,14-15H2,2-4H3. The number of nitrogens with zero attached hydrogens (tertiary/aromatic N) is 2. The number of terminal acetylenes is 1. The van der Waals surface area contributed by atoms with Crippen molar-refractivity contribution < 1.29 is 9.84 Å². The second-order valence-corrected chi connectivity index (χ2v) is 7.76. The van der Waals surface area contributed by atoms with E-state index in [4.69, 9.17) is 22.8 Å². The Morgan fingerprint density at radius 2 is 2.00 bits per heavy atom. The molecule has 2 rings (SSSR count). The third-order valence-electron chi connectivity index (χ3n) is 4.55. The fourth-order valence-corrected chi connectivity index (χ4v) is 3.23. The van der Waals surface area contributed by atoms with Crippen LogP contribution < -0.4 is 4.90 Å². The summed E-state index contributed by atoms with van der Waals surface area (Å²) in [6.07, 6.45) is 5.37. The van der Waals surface area contributed by atoms with Gasteiger partial charge in [0.1, 0.15) is 0 Å². The monoisotopic (exact) mass is 364 g/mol. The van der Waals surface area contributed by atoms with Crippen LogP contribution in [-0.2, 0) is 4.74 Å². The van der Waals surface area contributed by atoms with E-state index in [1.54, 1.807) is 0 Å². The second-order valence-electron chi connectivity index (χ2n) is 7.32. The largest absolute Gasteiger partial charge is 0.389 e. The van der Waals surface area contributed by atoms with Gasteiger partial charge in [0.2, 0.25) is 0 Å². The van der Waals surface area contributed by atoms with Crippen LogP contribution in [0, 0.1) is 19.3 Å². The minimum Gasteiger partial charge on any atom is -0.389 e. The Hall–Kier alpha value is -1.25. The van der Waals surface area contributed by atoms with Crippen molar-refractivity contribution in [3.05, 3.63) is 28.8 Å². The Kier molecular flexibility index (Phi) is 7.15. The van der Waals surface area contributed by atoms with Gasteiger partial charge in [-0.3, -0.25) is 4.90 Å². The van der Waals surface area contributed by atoms with E-state index in [1.165, 1.54) is 11.3 Å². The molecule has 1 aliphatic heterocycles. The first-order chi connectivity index (χ1) is 11.8. The summed E-state index contributed by atoms with van der Waals surface area (Å²) in [7, 11) is 0. The number of halogens is 1. The summed E-state index contributed by atoms with van der Waals surface area (Å²) in [5.74, 6) is 2.61. The van der Waals surface area contributed by atoms with Gasteiger partial charge < -0.3 is 14.7 Å². The van der Waals surface area contributed by atoms with E-state index in [0.29, 0.717) is 19.6 Å². The average Bonchev–Trinajstić information content (AvgIpc) is 2.56. The molecule has 4 nitrogen and oxygen atoms in total. The first-order valence-electron chi connectivity index (χ1n) is 8.80. The van der Waals surface area contributed by atoms with E-state index < -0.39 is 11.7 Å². The molecule has 0 aromatic heterocycles. The van der Waals surface area contributed by atoms with Gasteiger partial charge in [-0.2, -0.15) is 0 Å². The molecule has 138 valence electrons. The molecule has 0 saturated carbocycles. The van der Waals surface area contributed by atoms with E-state index in [1.807, 2.05) is 26.0 Å². The molecule has 5 heteroatoms. The Bertz CT molecular complexity index is 604. The number of β-amino-alcohol motifs (C(OH)–C–C–N with tert-alkyl or cyclic N) is 1. The molecule has 1 aliphatic rings. The molecule has 1 aromatic carbocycles. The first-order valence-corrected chi connectivity index (χ1v) is 9.17. The number of piperazine rings is 1. The molecule has 0 bridgehead atoms. The van der Waals surface area contributed by atoms with Crippen LogP contribution in [0.2, 0.25) is 5.02 Å². The summed E-state index contributed by atoms with van der Waals surface area (Å²) < 4.78 is 5.75. The summed E-state index contributed by atoms with van der Waals surface area (Å²) in [5, 5.41) is 11.0. The molecule has 1 unspecified atom stereocenters. The lowest BCUT2D eigenvalue weighted by atomic mass is 10.1. The first kappa shape index (κ1) is 20.1. The van der Waals surface area contributed by atoms with Crippen molar-refractivity contribution in [1.29, 1.82) is 0 Å². The van der Waals surface area contributed by atoms with Gasteiger partial charge in [-0.15, -0.1) is 12.3 Å². The maximum Gasteiger partial charge on any atom is 0.0900 e. The molecule has 1 aromatic rings. The molecule has 0 amide bonds. The third kappa shape index (κ3) is 6.20. The molecule has 25 heavy (non-hydrogen) atoms. The molecule has 1 fully saturated rings. The van der Waals surface area contributed by atoms with E-state index in [9.17, 15) is 5.11 Å². The predicted molar refractivity (Wildman–Crippen MR) is 104 cm³/mol. The average molecular weight is 365 g/mol. The molecule has 0 aliphatic carbocycles. The normalized spacial score (nSPS) is 17.4. The Morgan fingerprint density at radius 1 is 1.32 bits per heavy atom. The number of anilines is 1. The summed E-state index contributed by atoms with van der Waals surface area (Å²) in [6.45, 7) is 10.6. The van der Waals surface area contributed by atoms with Crippen LogP contribution >= 0.6 is 11.6 Å². The molecule has 0 radical (unpaired) electrons. The molecule has 1 atom stereocenters. The number of hydrogen-bond acceptors (Lipinski definition) is 4. The Labute approximate surface area is 156 Å². The van der Waals surface area contributed by atoms with Crippen molar-refractivity contribution in [2.45, 2.75) is 38.9 Å². The number of rotatable bonds is 7. The highest BCUT2D eigenvalue weighted by atomic mass is 35.5. The summed E-state index contributed by atoms with van der Waals surface area (Å²) in [4.78, 5) is 4.63. The molecular weight excluding hydrogens is 336 g/mol. The zero-order valence-electron chi connectivity index (χ0n) is 15.5. The van der Waals surface area contributed by atoms with Gasteiger partial charge >= 0.3 is 0 Å². The number of aliphatic hydroxyl groups is 1. The van der Waals surface area contributed by atoms with Crippen LogP contribution in [0.25, 0.3) is 0 Å². The summed E-state index contributed by atoms with van der Waals surface area (Å²) in [6, 6.07) is 6.01. The maximum absolute atomic E-state index is 10.2.